The van der Waals surface area contributed by atoms with Crippen molar-refractivity contribution in [3.8, 4) is 5.75 Å². The largest absolute Gasteiger partial charge is 0.484 e. The van der Waals surface area contributed by atoms with Crippen molar-refractivity contribution >= 4 is 11.6 Å². The Bertz CT molecular complexity index is 588. The molecule has 2 aliphatic rings. The van der Waals surface area contributed by atoms with Gasteiger partial charge in [-0.05, 0) is 49.7 Å². The van der Waals surface area contributed by atoms with Crippen LogP contribution in [0.4, 0.5) is 4.39 Å². The standard InChI is InChI=1S/C18H23FN2O2/c19-15-6-3-7-17(11-15)23-12-18(22)21-20-16-9-8-13-4-1-2-5-14(13)10-16/h3,6-7,11,13-14H,1-2,4-5,8-10,12H2,(H,21,22)/b20-16-/t13-,14+/m1/s1. The van der Waals surface area contributed by atoms with Gasteiger partial charge in [0.25, 0.3) is 5.91 Å². The molecule has 2 aliphatic carbocycles. The fourth-order valence-electron chi connectivity index (χ4n) is 3.67. The third kappa shape index (κ3) is 4.53. The Balaban J connectivity index is 1.45. The van der Waals surface area contributed by atoms with Gasteiger partial charge in [-0.15, -0.1) is 0 Å². The highest BCUT2D eigenvalue weighted by Crippen LogP contribution is 2.39. The Morgan fingerprint density at radius 2 is 2.09 bits per heavy atom. The molecule has 2 atom stereocenters. The van der Waals surface area contributed by atoms with E-state index in [0.29, 0.717) is 5.75 Å². The van der Waals surface area contributed by atoms with Gasteiger partial charge in [0, 0.05) is 11.8 Å². The zero-order valence-electron chi connectivity index (χ0n) is 13.3. The van der Waals surface area contributed by atoms with Gasteiger partial charge in [0.1, 0.15) is 11.6 Å². The minimum Gasteiger partial charge on any atom is -0.484 e. The summed E-state index contributed by atoms with van der Waals surface area (Å²) in [4.78, 5) is 11.8. The van der Waals surface area contributed by atoms with Crippen LogP contribution in [0.3, 0.4) is 0 Å². The third-order valence-corrected chi connectivity index (χ3v) is 4.87. The Kier molecular flexibility index (Phi) is 5.26. The number of amides is 1. The molecule has 0 aromatic heterocycles. The molecule has 0 unspecified atom stereocenters. The van der Waals surface area contributed by atoms with Crippen LogP contribution in [0.5, 0.6) is 5.75 Å². The average molecular weight is 318 g/mol. The first-order valence-electron chi connectivity index (χ1n) is 8.43. The molecule has 0 heterocycles. The SMILES string of the molecule is O=C(COc1cccc(F)c1)N/N=C1/CC[C@H]2CCCC[C@H]2C1. The van der Waals surface area contributed by atoms with Gasteiger partial charge in [-0.2, -0.15) is 5.10 Å². The van der Waals surface area contributed by atoms with Crippen molar-refractivity contribution in [2.75, 3.05) is 6.61 Å². The maximum absolute atomic E-state index is 13.0. The van der Waals surface area contributed by atoms with Crippen LogP contribution in [0, 0.1) is 17.7 Å². The van der Waals surface area contributed by atoms with Gasteiger partial charge in [-0.3, -0.25) is 4.79 Å². The molecule has 1 N–H and O–H groups in total. The van der Waals surface area contributed by atoms with Crippen LogP contribution in [-0.2, 0) is 4.79 Å². The minimum absolute atomic E-state index is 0.160. The molecule has 0 aliphatic heterocycles. The summed E-state index contributed by atoms with van der Waals surface area (Å²) in [6, 6.07) is 5.75. The van der Waals surface area contributed by atoms with Gasteiger partial charge >= 0.3 is 0 Å². The number of rotatable bonds is 4. The summed E-state index contributed by atoms with van der Waals surface area (Å²) in [6.45, 7) is -0.160. The molecule has 2 saturated carbocycles. The van der Waals surface area contributed by atoms with Crippen LogP contribution in [-0.4, -0.2) is 18.2 Å². The van der Waals surface area contributed by atoms with E-state index in [-0.39, 0.29) is 18.3 Å². The van der Waals surface area contributed by atoms with Crippen LogP contribution in [0.25, 0.3) is 0 Å². The van der Waals surface area contributed by atoms with Crippen molar-refractivity contribution in [2.45, 2.75) is 44.9 Å². The van der Waals surface area contributed by atoms with Crippen molar-refractivity contribution in [2.24, 2.45) is 16.9 Å². The van der Waals surface area contributed by atoms with Crippen LogP contribution >= 0.6 is 0 Å². The van der Waals surface area contributed by atoms with E-state index in [4.69, 9.17) is 4.74 Å². The monoisotopic (exact) mass is 318 g/mol. The van der Waals surface area contributed by atoms with Crippen molar-refractivity contribution in [1.82, 2.24) is 5.43 Å². The molecule has 3 rings (SSSR count). The van der Waals surface area contributed by atoms with Gasteiger partial charge in [0.05, 0.1) is 0 Å². The highest BCUT2D eigenvalue weighted by Gasteiger charge is 2.30. The zero-order chi connectivity index (χ0) is 16.1. The molecular weight excluding hydrogens is 295 g/mol. The van der Waals surface area contributed by atoms with Crippen LogP contribution in [0.1, 0.15) is 44.9 Å². The first-order chi connectivity index (χ1) is 11.2. The first kappa shape index (κ1) is 16.0. The van der Waals surface area contributed by atoms with E-state index in [1.807, 2.05) is 0 Å². The lowest BCUT2D eigenvalue weighted by atomic mass is 9.70. The van der Waals surface area contributed by atoms with Crippen LogP contribution in [0.15, 0.2) is 29.4 Å². The van der Waals surface area contributed by atoms with E-state index >= 15 is 0 Å². The third-order valence-electron chi connectivity index (χ3n) is 4.87. The number of ether oxygens (including phenoxy) is 1. The number of benzene rings is 1. The summed E-state index contributed by atoms with van der Waals surface area (Å²) in [7, 11) is 0. The second-order valence-corrected chi connectivity index (χ2v) is 6.51. The molecule has 5 heteroatoms. The highest BCUT2D eigenvalue weighted by molar-refractivity contribution is 5.87. The number of carbonyl (C=O) groups is 1. The number of nitrogens with one attached hydrogen (secondary N) is 1. The number of hydrogen-bond acceptors (Lipinski definition) is 3. The van der Waals surface area contributed by atoms with Crippen LogP contribution < -0.4 is 10.2 Å². The van der Waals surface area contributed by atoms with Gasteiger partial charge in [-0.1, -0.05) is 25.3 Å². The van der Waals surface area contributed by atoms with Gasteiger partial charge < -0.3 is 4.74 Å². The zero-order valence-corrected chi connectivity index (χ0v) is 13.3. The van der Waals surface area contributed by atoms with E-state index in [1.54, 1.807) is 12.1 Å². The average Bonchev–Trinajstić information content (AvgIpc) is 2.58. The molecule has 1 aromatic carbocycles. The number of hydrazone groups is 1. The number of halogens is 1. The second kappa shape index (κ2) is 7.57. The van der Waals surface area contributed by atoms with Crippen molar-refractivity contribution in [1.29, 1.82) is 0 Å². The van der Waals surface area contributed by atoms with E-state index in [0.717, 1.165) is 30.4 Å². The van der Waals surface area contributed by atoms with Gasteiger partial charge in [-0.25, -0.2) is 9.82 Å². The van der Waals surface area contributed by atoms with E-state index < -0.39 is 0 Å². The van der Waals surface area contributed by atoms with E-state index in [2.05, 4.69) is 10.5 Å². The number of carbonyl (C=O) groups excluding carboxylic acids is 1. The molecule has 0 bridgehead atoms. The quantitative estimate of drug-likeness (QED) is 0.861. The van der Waals surface area contributed by atoms with Gasteiger partial charge in [0.15, 0.2) is 6.61 Å². The summed E-state index contributed by atoms with van der Waals surface area (Å²) in [6.07, 6.45) is 8.51. The van der Waals surface area contributed by atoms with Crippen LogP contribution in [0.2, 0.25) is 0 Å². The second-order valence-electron chi connectivity index (χ2n) is 6.51. The summed E-state index contributed by atoms with van der Waals surface area (Å²) in [5.41, 5.74) is 3.65. The molecule has 1 aromatic rings. The van der Waals surface area contributed by atoms with E-state index in [9.17, 15) is 9.18 Å². The van der Waals surface area contributed by atoms with E-state index in [1.165, 1.54) is 44.2 Å². The highest BCUT2D eigenvalue weighted by atomic mass is 19.1. The molecule has 23 heavy (non-hydrogen) atoms. The van der Waals surface area contributed by atoms with Crippen molar-refractivity contribution in [3.63, 3.8) is 0 Å². The molecule has 2 fully saturated rings. The maximum atomic E-state index is 13.0. The predicted molar refractivity (Wildman–Crippen MR) is 86.8 cm³/mol. The summed E-state index contributed by atoms with van der Waals surface area (Å²) in [5.74, 6) is 1.25. The minimum atomic E-state index is -0.382. The Hall–Kier alpha value is -1.91. The van der Waals surface area contributed by atoms with Crippen molar-refractivity contribution < 1.29 is 13.9 Å². The molecule has 0 saturated heterocycles. The lowest BCUT2D eigenvalue weighted by Gasteiger charge is -2.35. The number of hydrogen-bond donors (Lipinski definition) is 1. The maximum Gasteiger partial charge on any atom is 0.277 e. The Morgan fingerprint density at radius 3 is 2.91 bits per heavy atom. The molecule has 0 radical (unpaired) electrons. The number of fused-ring (bicyclic) bond motifs is 1. The lowest BCUT2D eigenvalue weighted by molar-refractivity contribution is -0.123. The Morgan fingerprint density at radius 1 is 1.26 bits per heavy atom. The normalized spacial score (nSPS) is 25.7. The first-order valence-corrected chi connectivity index (χ1v) is 8.43. The fraction of sp³-hybridized carbons (Fsp3) is 0.556. The topological polar surface area (TPSA) is 50.7 Å². The smallest absolute Gasteiger partial charge is 0.277 e. The summed E-state index contributed by atoms with van der Waals surface area (Å²) >= 11 is 0. The van der Waals surface area contributed by atoms with Gasteiger partial charge in [0.2, 0.25) is 0 Å². The molecule has 0 spiro atoms. The molecule has 4 nitrogen and oxygen atoms in total. The molecular formula is C18H23FN2O2. The molecule has 124 valence electrons. The number of nitrogens with zero attached hydrogens (tertiary/aromatic N) is 1. The lowest BCUT2D eigenvalue weighted by Crippen LogP contribution is -2.31. The van der Waals surface area contributed by atoms with Crippen molar-refractivity contribution in [3.05, 3.63) is 30.1 Å². The Labute approximate surface area is 136 Å². The summed E-state index contributed by atoms with van der Waals surface area (Å²) in [5, 5.41) is 4.27. The fourth-order valence-corrected chi connectivity index (χ4v) is 3.67. The predicted octanol–water partition coefficient (Wildman–Crippen LogP) is 3.67. The summed E-state index contributed by atoms with van der Waals surface area (Å²) < 4.78 is 18.3. The molecule has 1 amide bonds.